The average Bonchev–Trinajstić information content (AvgIpc) is 3.03. The van der Waals surface area contributed by atoms with Crippen LogP contribution in [0.15, 0.2) is 30.6 Å². The molecule has 1 fully saturated rings. The van der Waals surface area contributed by atoms with E-state index in [-0.39, 0.29) is 0 Å². The lowest BCUT2D eigenvalue weighted by Gasteiger charge is -2.26. The normalized spacial score (nSPS) is 15.9. The van der Waals surface area contributed by atoms with Crippen LogP contribution in [0.2, 0.25) is 0 Å². The predicted molar refractivity (Wildman–Crippen MR) is 86.5 cm³/mol. The second-order valence-corrected chi connectivity index (χ2v) is 5.70. The molecule has 0 radical (unpaired) electrons. The Balaban J connectivity index is 1.65. The molecule has 2 aromatic rings. The van der Waals surface area contributed by atoms with Gasteiger partial charge in [0.25, 0.3) is 0 Å². The Morgan fingerprint density at radius 2 is 1.86 bits per heavy atom. The zero-order valence-electron chi connectivity index (χ0n) is 13.2. The Morgan fingerprint density at radius 3 is 2.59 bits per heavy atom. The summed E-state index contributed by atoms with van der Waals surface area (Å²) in [6.07, 6.45) is 6.75. The second kappa shape index (κ2) is 7.40. The van der Waals surface area contributed by atoms with Crippen LogP contribution in [0, 0.1) is 0 Å². The van der Waals surface area contributed by atoms with E-state index in [4.69, 9.17) is 4.74 Å². The number of hydrogen-bond donors (Lipinski definition) is 0. The summed E-state index contributed by atoms with van der Waals surface area (Å²) in [5, 5.41) is 8.37. The Hall–Kier alpha value is -1.88. The maximum Gasteiger partial charge on any atom is 0.138 e. The van der Waals surface area contributed by atoms with Gasteiger partial charge in [0.1, 0.15) is 17.9 Å². The fraction of sp³-hybridized carbons (Fsp3) is 0.529. The highest BCUT2D eigenvalue weighted by atomic mass is 16.5. The second-order valence-electron chi connectivity index (χ2n) is 5.70. The molecule has 0 amide bonds. The van der Waals surface area contributed by atoms with Crippen LogP contribution in [0.3, 0.4) is 0 Å². The van der Waals surface area contributed by atoms with E-state index in [1.54, 1.807) is 6.33 Å². The van der Waals surface area contributed by atoms with Crippen LogP contribution >= 0.6 is 0 Å². The number of nitrogens with zero attached hydrogens (tertiary/aromatic N) is 4. The highest BCUT2D eigenvalue weighted by Crippen LogP contribution is 2.17. The van der Waals surface area contributed by atoms with Gasteiger partial charge in [0.05, 0.1) is 6.61 Å². The van der Waals surface area contributed by atoms with E-state index in [9.17, 15) is 0 Å². The quantitative estimate of drug-likeness (QED) is 0.822. The van der Waals surface area contributed by atoms with Gasteiger partial charge in [-0.3, -0.25) is 4.57 Å². The first-order valence-electron chi connectivity index (χ1n) is 8.21. The van der Waals surface area contributed by atoms with Crippen molar-refractivity contribution in [2.45, 2.75) is 32.6 Å². The van der Waals surface area contributed by atoms with Crippen molar-refractivity contribution < 1.29 is 4.74 Å². The van der Waals surface area contributed by atoms with Gasteiger partial charge < -0.3 is 9.64 Å². The van der Waals surface area contributed by atoms with Crippen molar-refractivity contribution in [3.63, 3.8) is 0 Å². The summed E-state index contributed by atoms with van der Waals surface area (Å²) in [6, 6.07) is 8.10. The monoisotopic (exact) mass is 300 g/mol. The van der Waals surface area contributed by atoms with Gasteiger partial charge in [0, 0.05) is 18.7 Å². The Kier molecular flexibility index (Phi) is 5.06. The first kappa shape index (κ1) is 15.0. The predicted octanol–water partition coefficient (Wildman–Crippen LogP) is 2.69. The lowest BCUT2D eigenvalue weighted by Crippen LogP contribution is -2.31. The maximum atomic E-state index is 5.49. The molecule has 0 unspecified atom stereocenters. The molecular weight excluding hydrogens is 276 g/mol. The summed E-state index contributed by atoms with van der Waals surface area (Å²) in [4.78, 5) is 2.53. The molecule has 1 aromatic heterocycles. The van der Waals surface area contributed by atoms with E-state index in [0.29, 0.717) is 6.61 Å². The number of ether oxygens (including phenoxy) is 1. The zero-order chi connectivity index (χ0) is 15.2. The van der Waals surface area contributed by atoms with E-state index in [2.05, 4.69) is 31.8 Å². The number of likely N-dealkylation sites (tertiary alicyclic amines) is 1. The highest BCUT2D eigenvalue weighted by Gasteiger charge is 2.12. The molecule has 1 aliphatic heterocycles. The third kappa shape index (κ3) is 3.65. The molecule has 22 heavy (non-hydrogen) atoms. The van der Waals surface area contributed by atoms with E-state index in [0.717, 1.165) is 30.2 Å². The van der Waals surface area contributed by atoms with Gasteiger partial charge in [-0.2, -0.15) is 0 Å². The standard InChI is InChI=1S/C17H24N4O/c1-2-22-16-8-6-15(7-9-16)21-14-18-19-17(21)10-13-20-11-4-3-5-12-20/h6-9,14H,2-5,10-13H2,1H3. The van der Waals surface area contributed by atoms with Crippen LogP contribution in [0.4, 0.5) is 0 Å². The molecule has 1 aromatic carbocycles. The Labute approximate surface area is 131 Å². The van der Waals surface area contributed by atoms with Crippen LogP contribution in [-0.2, 0) is 6.42 Å². The van der Waals surface area contributed by atoms with E-state index in [1.807, 2.05) is 19.1 Å². The van der Waals surface area contributed by atoms with Gasteiger partial charge in [-0.15, -0.1) is 10.2 Å². The first-order valence-corrected chi connectivity index (χ1v) is 8.21. The molecule has 0 aliphatic carbocycles. The van der Waals surface area contributed by atoms with Crippen LogP contribution in [0.1, 0.15) is 32.0 Å². The summed E-state index contributed by atoms with van der Waals surface area (Å²) in [7, 11) is 0. The van der Waals surface area contributed by atoms with Crippen molar-refractivity contribution in [3.8, 4) is 11.4 Å². The topological polar surface area (TPSA) is 43.2 Å². The average molecular weight is 300 g/mol. The summed E-state index contributed by atoms with van der Waals surface area (Å²) in [6.45, 7) is 6.18. The molecule has 0 N–H and O–H groups in total. The summed E-state index contributed by atoms with van der Waals surface area (Å²) in [5.74, 6) is 1.92. The lowest BCUT2D eigenvalue weighted by atomic mass is 10.1. The molecule has 0 saturated carbocycles. The van der Waals surface area contributed by atoms with Gasteiger partial charge in [-0.05, 0) is 57.1 Å². The van der Waals surface area contributed by atoms with Crippen LogP contribution in [0.5, 0.6) is 5.75 Å². The molecule has 0 bridgehead atoms. The molecule has 118 valence electrons. The van der Waals surface area contributed by atoms with Gasteiger partial charge >= 0.3 is 0 Å². The lowest BCUT2D eigenvalue weighted by molar-refractivity contribution is 0.230. The van der Waals surface area contributed by atoms with Crippen LogP contribution in [0.25, 0.3) is 5.69 Å². The molecule has 5 heteroatoms. The molecule has 0 spiro atoms. The van der Waals surface area contributed by atoms with Gasteiger partial charge in [-0.25, -0.2) is 0 Å². The minimum Gasteiger partial charge on any atom is -0.494 e. The van der Waals surface area contributed by atoms with Crippen molar-refractivity contribution in [1.82, 2.24) is 19.7 Å². The maximum absolute atomic E-state index is 5.49. The third-order valence-corrected chi connectivity index (χ3v) is 4.14. The minimum absolute atomic E-state index is 0.688. The summed E-state index contributed by atoms with van der Waals surface area (Å²) in [5.41, 5.74) is 1.09. The van der Waals surface area contributed by atoms with E-state index in [1.165, 1.54) is 32.4 Å². The SMILES string of the molecule is CCOc1ccc(-n2cnnc2CCN2CCCCC2)cc1. The molecule has 1 saturated heterocycles. The number of rotatable bonds is 6. The molecule has 0 atom stereocenters. The zero-order valence-corrected chi connectivity index (χ0v) is 13.2. The van der Waals surface area contributed by atoms with Gasteiger partial charge in [-0.1, -0.05) is 6.42 Å². The number of benzene rings is 1. The molecular formula is C17H24N4O. The fourth-order valence-electron chi connectivity index (χ4n) is 2.96. The Bertz CT molecular complexity index is 573. The van der Waals surface area contributed by atoms with E-state index >= 15 is 0 Å². The van der Waals surface area contributed by atoms with Gasteiger partial charge in [0.2, 0.25) is 0 Å². The third-order valence-electron chi connectivity index (χ3n) is 4.14. The highest BCUT2D eigenvalue weighted by molar-refractivity contribution is 5.38. The largest absolute Gasteiger partial charge is 0.494 e. The number of piperidine rings is 1. The van der Waals surface area contributed by atoms with Crippen molar-refractivity contribution >= 4 is 0 Å². The summed E-state index contributed by atoms with van der Waals surface area (Å²) >= 11 is 0. The smallest absolute Gasteiger partial charge is 0.138 e. The number of hydrogen-bond acceptors (Lipinski definition) is 4. The number of aromatic nitrogens is 3. The van der Waals surface area contributed by atoms with Crippen molar-refractivity contribution in [3.05, 3.63) is 36.4 Å². The van der Waals surface area contributed by atoms with Crippen LogP contribution < -0.4 is 4.74 Å². The summed E-state index contributed by atoms with van der Waals surface area (Å²) < 4.78 is 7.56. The van der Waals surface area contributed by atoms with Gasteiger partial charge in [0.15, 0.2) is 0 Å². The van der Waals surface area contributed by atoms with Crippen molar-refractivity contribution in [2.75, 3.05) is 26.2 Å². The first-order chi connectivity index (χ1) is 10.9. The Morgan fingerprint density at radius 1 is 1.09 bits per heavy atom. The van der Waals surface area contributed by atoms with Crippen molar-refractivity contribution in [1.29, 1.82) is 0 Å². The van der Waals surface area contributed by atoms with Crippen molar-refractivity contribution in [2.24, 2.45) is 0 Å². The van der Waals surface area contributed by atoms with E-state index < -0.39 is 0 Å². The fourth-order valence-corrected chi connectivity index (χ4v) is 2.96. The minimum atomic E-state index is 0.688. The molecule has 5 nitrogen and oxygen atoms in total. The van der Waals surface area contributed by atoms with Crippen LogP contribution in [-0.4, -0.2) is 45.9 Å². The molecule has 3 rings (SSSR count). The molecule has 2 heterocycles. The molecule has 1 aliphatic rings.